The molecule has 4 N–H and O–H groups in total. The quantitative estimate of drug-likeness (QED) is 0.190. The number of hydrogen-bond acceptors (Lipinski definition) is 8. The van der Waals surface area contributed by atoms with Crippen LogP contribution < -0.4 is 25.4 Å². The summed E-state index contributed by atoms with van der Waals surface area (Å²) < 4.78 is 11.3. The summed E-state index contributed by atoms with van der Waals surface area (Å²) in [5, 5.41) is 20.1. The summed E-state index contributed by atoms with van der Waals surface area (Å²) in [4.78, 5) is 25.8. The minimum atomic E-state index is -0.558. The first-order valence-electron chi connectivity index (χ1n) is 12.2. The van der Waals surface area contributed by atoms with Crippen molar-refractivity contribution in [3.05, 3.63) is 96.6 Å². The number of aromatic nitrogens is 3. The Kier molecular flexibility index (Phi) is 7.63. The van der Waals surface area contributed by atoms with Gasteiger partial charge in [-0.25, -0.2) is 4.79 Å². The van der Waals surface area contributed by atoms with E-state index in [-0.39, 0.29) is 23.7 Å². The lowest BCUT2D eigenvalue weighted by Gasteiger charge is -2.12. The van der Waals surface area contributed by atoms with Crippen LogP contribution in [-0.2, 0) is 6.42 Å². The second-order valence-corrected chi connectivity index (χ2v) is 8.50. The molecule has 4 aromatic carbocycles. The Labute approximate surface area is 224 Å². The predicted octanol–water partition coefficient (Wildman–Crippen LogP) is 5.83. The largest absolute Gasteiger partial charge is 0.508 e. The van der Waals surface area contributed by atoms with Crippen LogP contribution >= 0.6 is 0 Å². The third kappa shape index (κ3) is 6.69. The lowest BCUT2D eigenvalue weighted by molar-refractivity contribution is 0.262. The molecule has 0 bridgehead atoms. The number of carbonyl (C=O) groups is 1. The number of nitrogens with zero attached hydrogens (tertiary/aromatic N) is 3. The predicted molar refractivity (Wildman–Crippen MR) is 150 cm³/mol. The number of ether oxygens (including phenoxy) is 2. The topological polar surface area (TPSA) is 131 Å². The zero-order chi connectivity index (χ0) is 27.0. The number of benzene rings is 4. The molecule has 2 amide bonds. The van der Waals surface area contributed by atoms with Crippen molar-refractivity contribution in [2.24, 2.45) is 0 Å². The van der Waals surface area contributed by atoms with Crippen LogP contribution in [0.2, 0.25) is 0 Å². The van der Waals surface area contributed by atoms with Gasteiger partial charge in [0, 0.05) is 6.54 Å². The van der Waals surface area contributed by atoms with Crippen LogP contribution in [0.15, 0.2) is 91.0 Å². The van der Waals surface area contributed by atoms with Gasteiger partial charge in [0.1, 0.15) is 17.2 Å². The molecule has 10 heteroatoms. The van der Waals surface area contributed by atoms with Gasteiger partial charge in [-0.1, -0.05) is 54.6 Å². The van der Waals surface area contributed by atoms with Crippen molar-refractivity contribution in [2.45, 2.75) is 6.42 Å². The van der Waals surface area contributed by atoms with Gasteiger partial charge in [0.25, 0.3) is 0 Å². The van der Waals surface area contributed by atoms with Crippen molar-refractivity contribution >= 4 is 34.4 Å². The second-order valence-electron chi connectivity index (χ2n) is 8.50. The van der Waals surface area contributed by atoms with Crippen LogP contribution in [-0.4, -0.2) is 39.7 Å². The third-order valence-electron chi connectivity index (χ3n) is 5.76. The maximum absolute atomic E-state index is 12.7. The van der Waals surface area contributed by atoms with Crippen molar-refractivity contribution in [1.29, 1.82) is 0 Å². The van der Waals surface area contributed by atoms with E-state index < -0.39 is 6.03 Å². The number of methoxy groups -OCH3 is 1. The van der Waals surface area contributed by atoms with Crippen molar-refractivity contribution in [3.8, 4) is 23.3 Å². The SMILES string of the molecule is COc1ccccc1NC(=O)Nc1nc(NCCc2ccc(O)cc2)nc(Oc2ccc3ccccc3c2)n1. The smallest absolute Gasteiger partial charge is 0.328 e. The number of phenolic OH excluding ortho intramolecular Hbond substituents is 1. The van der Waals surface area contributed by atoms with Gasteiger partial charge >= 0.3 is 12.0 Å². The molecule has 5 rings (SSSR count). The van der Waals surface area contributed by atoms with Crippen molar-refractivity contribution in [2.75, 3.05) is 29.6 Å². The molecule has 0 unspecified atom stereocenters. The van der Waals surface area contributed by atoms with E-state index >= 15 is 0 Å². The maximum Gasteiger partial charge on any atom is 0.328 e. The van der Waals surface area contributed by atoms with Gasteiger partial charge in [0.15, 0.2) is 0 Å². The van der Waals surface area contributed by atoms with Crippen LogP contribution in [0.3, 0.4) is 0 Å². The number of anilines is 3. The minimum absolute atomic E-state index is 0.000297. The summed E-state index contributed by atoms with van der Waals surface area (Å²) in [7, 11) is 1.52. The molecule has 39 heavy (non-hydrogen) atoms. The number of amides is 2. The highest BCUT2D eigenvalue weighted by atomic mass is 16.5. The first-order chi connectivity index (χ1) is 19.1. The molecule has 0 radical (unpaired) electrons. The van der Waals surface area contributed by atoms with Crippen LogP contribution in [0.5, 0.6) is 23.3 Å². The van der Waals surface area contributed by atoms with Gasteiger partial charge in [-0.2, -0.15) is 15.0 Å². The number of hydrogen-bond donors (Lipinski definition) is 4. The molecule has 0 spiro atoms. The highest BCUT2D eigenvalue weighted by molar-refractivity contribution is 5.99. The molecule has 1 heterocycles. The van der Waals surface area contributed by atoms with E-state index in [1.54, 1.807) is 36.4 Å². The molecule has 0 saturated heterocycles. The zero-order valence-corrected chi connectivity index (χ0v) is 21.1. The van der Waals surface area contributed by atoms with Gasteiger partial charge in [-0.15, -0.1) is 0 Å². The summed E-state index contributed by atoms with van der Waals surface area (Å²) in [6, 6.07) is 27.0. The number of urea groups is 1. The molecule has 1 aromatic heterocycles. The maximum atomic E-state index is 12.7. The standard InChI is InChI=1S/C29H26N6O4/c1-38-25-9-5-4-8-24(25)31-28(37)33-27-32-26(30-17-16-19-10-13-22(36)14-11-19)34-29(35-27)39-23-15-12-20-6-2-3-7-21(20)18-23/h2-15,18,36H,16-17H2,1H3,(H3,30,31,32,33,34,35,37). The highest BCUT2D eigenvalue weighted by Crippen LogP contribution is 2.26. The molecule has 10 nitrogen and oxygen atoms in total. The van der Waals surface area contributed by atoms with Crippen LogP contribution in [0.4, 0.5) is 22.4 Å². The number of carbonyl (C=O) groups excluding carboxylic acids is 1. The fraction of sp³-hybridized carbons (Fsp3) is 0.103. The summed E-state index contributed by atoms with van der Waals surface area (Å²) in [5.41, 5.74) is 1.52. The van der Waals surface area contributed by atoms with E-state index in [1.165, 1.54) is 7.11 Å². The molecule has 0 aliphatic heterocycles. The average Bonchev–Trinajstić information content (AvgIpc) is 2.94. The Morgan fingerprint density at radius 2 is 1.56 bits per heavy atom. The number of fused-ring (bicyclic) bond motifs is 1. The Morgan fingerprint density at radius 3 is 2.38 bits per heavy atom. The van der Waals surface area contributed by atoms with Gasteiger partial charge in [0.05, 0.1) is 12.8 Å². The summed E-state index contributed by atoms with van der Waals surface area (Å²) in [6.07, 6.45) is 0.657. The Hall–Kier alpha value is -5.38. The molecule has 5 aromatic rings. The number of nitrogens with one attached hydrogen (secondary N) is 3. The fourth-order valence-corrected chi connectivity index (χ4v) is 3.86. The third-order valence-corrected chi connectivity index (χ3v) is 5.76. The Balaban J connectivity index is 1.35. The van der Waals surface area contributed by atoms with E-state index in [1.807, 2.05) is 54.6 Å². The van der Waals surface area contributed by atoms with E-state index in [9.17, 15) is 9.90 Å². The normalized spacial score (nSPS) is 10.6. The molecule has 0 atom stereocenters. The number of para-hydroxylation sites is 2. The van der Waals surface area contributed by atoms with E-state index in [2.05, 4.69) is 30.9 Å². The molecule has 196 valence electrons. The van der Waals surface area contributed by atoms with Crippen molar-refractivity contribution in [1.82, 2.24) is 15.0 Å². The molecule has 0 saturated carbocycles. The first kappa shape index (κ1) is 25.3. The molecule has 0 fully saturated rings. The van der Waals surface area contributed by atoms with E-state index in [0.29, 0.717) is 30.2 Å². The summed E-state index contributed by atoms with van der Waals surface area (Å²) in [5.74, 6) is 1.49. The van der Waals surface area contributed by atoms with Gasteiger partial charge in [0.2, 0.25) is 11.9 Å². The lowest BCUT2D eigenvalue weighted by Crippen LogP contribution is -2.22. The minimum Gasteiger partial charge on any atom is -0.508 e. The van der Waals surface area contributed by atoms with E-state index in [0.717, 1.165) is 16.3 Å². The number of aromatic hydroxyl groups is 1. The molecular weight excluding hydrogens is 496 g/mol. The monoisotopic (exact) mass is 522 g/mol. The van der Waals surface area contributed by atoms with Crippen molar-refractivity contribution < 1.29 is 19.4 Å². The number of phenols is 1. The van der Waals surface area contributed by atoms with Gasteiger partial charge in [-0.3, -0.25) is 5.32 Å². The van der Waals surface area contributed by atoms with E-state index in [4.69, 9.17) is 9.47 Å². The fourth-order valence-electron chi connectivity index (χ4n) is 3.86. The first-order valence-corrected chi connectivity index (χ1v) is 12.2. The Morgan fingerprint density at radius 1 is 0.821 bits per heavy atom. The van der Waals surface area contributed by atoms with Crippen molar-refractivity contribution in [3.63, 3.8) is 0 Å². The summed E-state index contributed by atoms with van der Waals surface area (Å²) in [6.45, 7) is 0.497. The average molecular weight is 523 g/mol. The molecule has 0 aliphatic rings. The molecular formula is C29H26N6O4. The summed E-state index contributed by atoms with van der Waals surface area (Å²) >= 11 is 0. The van der Waals surface area contributed by atoms with Crippen LogP contribution in [0.25, 0.3) is 10.8 Å². The highest BCUT2D eigenvalue weighted by Gasteiger charge is 2.13. The second kappa shape index (κ2) is 11.8. The lowest BCUT2D eigenvalue weighted by atomic mass is 10.1. The van der Waals surface area contributed by atoms with Crippen LogP contribution in [0, 0.1) is 0 Å². The van der Waals surface area contributed by atoms with Gasteiger partial charge < -0.3 is 25.2 Å². The Bertz CT molecular complexity index is 1590. The number of rotatable bonds is 9. The zero-order valence-electron chi connectivity index (χ0n) is 21.1. The van der Waals surface area contributed by atoms with Crippen LogP contribution in [0.1, 0.15) is 5.56 Å². The molecule has 0 aliphatic carbocycles. The van der Waals surface area contributed by atoms with Gasteiger partial charge in [-0.05, 0) is 59.2 Å².